The lowest BCUT2D eigenvalue weighted by atomic mass is 10.3. The molecule has 0 aromatic rings. The molecule has 70 valence electrons. The van der Waals surface area contributed by atoms with Gasteiger partial charge in [0.25, 0.3) is 0 Å². The highest BCUT2D eigenvalue weighted by Gasteiger charge is 2.06. The van der Waals surface area contributed by atoms with Crippen LogP contribution < -0.4 is 0 Å². The molecular weight excluding hydrogens is 172 g/mol. The van der Waals surface area contributed by atoms with Gasteiger partial charge >= 0.3 is 11.9 Å². The highest BCUT2D eigenvalue weighted by atomic mass is 16.5. The minimum atomic E-state index is -0.675. The fraction of sp³-hybridized carbons (Fsp3) is 0.111. The minimum absolute atomic E-state index is 0.0510. The molecule has 0 heterocycles. The fourth-order valence-electron chi connectivity index (χ4n) is 0.470. The fourth-order valence-corrected chi connectivity index (χ4v) is 0.470. The number of carbonyl (C=O) groups excluding carboxylic acids is 2. The van der Waals surface area contributed by atoms with Crippen LogP contribution in [0.3, 0.4) is 0 Å². The van der Waals surface area contributed by atoms with E-state index in [1.165, 1.54) is 13.0 Å². The molecule has 0 saturated heterocycles. The van der Waals surface area contributed by atoms with E-state index in [0.29, 0.717) is 0 Å². The third-order valence-corrected chi connectivity index (χ3v) is 0.998. The molecule has 0 atom stereocenters. The first-order valence-electron chi connectivity index (χ1n) is 3.43. The standard InChI is InChI=1S/C9H10O4/c1-4-8(6-13-7(3)10)9(11)12-5-2/h4-6H,1-2H2,3H3/b8-6+. The summed E-state index contributed by atoms with van der Waals surface area (Å²) in [6, 6.07) is 0. The van der Waals surface area contributed by atoms with Crippen molar-refractivity contribution in [1.82, 2.24) is 0 Å². The van der Waals surface area contributed by atoms with Crippen molar-refractivity contribution in [3.63, 3.8) is 0 Å². The zero-order valence-electron chi connectivity index (χ0n) is 7.28. The van der Waals surface area contributed by atoms with Gasteiger partial charge in [-0.2, -0.15) is 0 Å². The van der Waals surface area contributed by atoms with Crippen molar-refractivity contribution in [3.8, 4) is 0 Å². The molecule has 4 nitrogen and oxygen atoms in total. The van der Waals surface area contributed by atoms with E-state index < -0.39 is 11.9 Å². The van der Waals surface area contributed by atoms with Crippen LogP contribution in [0.25, 0.3) is 0 Å². The van der Waals surface area contributed by atoms with Gasteiger partial charge in [0.15, 0.2) is 0 Å². The highest BCUT2D eigenvalue weighted by molar-refractivity contribution is 5.91. The lowest BCUT2D eigenvalue weighted by Gasteiger charge is -1.98. The molecule has 0 fully saturated rings. The van der Waals surface area contributed by atoms with Crippen LogP contribution in [0.4, 0.5) is 0 Å². The van der Waals surface area contributed by atoms with E-state index in [-0.39, 0.29) is 5.57 Å². The topological polar surface area (TPSA) is 52.6 Å². The summed E-state index contributed by atoms with van der Waals surface area (Å²) in [5, 5.41) is 0. The zero-order chi connectivity index (χ0) is 10.3. The molecule has 0 aliphatic heterocycles. The quantitative estimate of drug-likeness (QED) is 0.284. The van der Waals surface area contributed by atoms with Gasteiger partial charge in [-0.05, 0) is 0 Å². The third kappa shape index (κ3) is 4.58. The first kappa shape index (κ1) is 11.2. The number of ether oxygens (including phenoxy) is 2. The number of carbonyl (C=O) groups is 2. The highest BCUT2D eigenvalue weighted by Crippen LogP contribution is 2.00. The van der Waals surface area contributed by atoms with E-state index in [1.807, 2.05) is 0 Å². The Bertz CT molecular complexity index is 263. The summed E-state index contributed by atoms with van der Waals surface area (Å²) >= 11 is 0. The molecule has 0 radical (unpaired) electrons. The maximum atomic E-state index is 11.0. The van der Waals surface area contributed by atoms with Crippen molar-refractivity contribution in [2.45, 2.75) is 6.92 Å². The first-order valence-corrected chi connectivity index (χ1v) is 3.43. The van der Waals surface area contributed by atoms with E-state index in [2.05, 4.69) is 22.6 Å². The summed E-state index contributed by atoms with van der Waals surface area (Å²) in [5.74, 6) is -1.20. The lowest BCUT2D eigenvalue weighted by Crippen LogP contribution is -2.03. The van der Waals surface area contributed by atoms with Crippen LogP contribution in [0, 0.1) is 0 Å². The van der Waals surface area contributed by atoms with Crippen molar-refractivity contribution >= 4 is 11.9 Å². The molecular formula is C9H10O4. The summed E-state index contributed by atoms with van der Waals surface area (Å²) in [6.45, 7) is 7.77. The van der Waals surface area contributed by atoms with Crippen LogP contribution in [0.2, 0.25) is 0 Å². The molecule has 0 aliphatic rings. The molecule has 0 aliphatic carbocycles. The zero-order valence-corrected chi connectivity index (χ0v) is 7.28. The molecule has 0 N–H and O–H groups in total. The van der Waals surface area contributed by atoms with Crippen molar-refractivity contribution < 1.29 is 19.1 Å². The van der Waals surface area contributed by atoms with Gasteiger partial charge in [-0.3, -0.25) is 4.79 Å². The van der Waals surface area contributed by atoms with Crippen molar-refractivity contribution in [3.05, 3.63) is 37.3 Å². The molecule has 0 bridgehead atoms. The predicted molar refractivity (Wildman–Crippen MR) is 46.3 cm³/mol. The normalized spacial score (nSPS) is 10.1. The van der Waals surface area contributed by atoms with Crippen LogP contribution in [-0.2, 0) is 19.1 Å². The second-order valence-corrected chi connectivity index (χ2v) is 1.96. The maximum Gasteiger partial charge on any atom is 0.346 e. The van der Waals surface area contributed by atoms with E-state index in [1.54, 1.807) is 0 Å². The average Bonchev–Trinajstić information content (AvgIpc) is 2.05. The second kappa shape index (κ2) is 5.77. The molecule has 0 spiro atoms. The summed E-state index contributed by atoms with van der Waals surface area (Å²) in [6.07, 6.45) is 3.17. The first-order chi connectivity index (χ1) is 6.11. The Morgan fingerprint density at radius 1 is 1.23 bits per heavy atom. The molecule has 0 rings (SSSR count). The Morgan fingerprint density at radius 3 is 2.23 bits per heavy atom. The SMILES string of the molecule is C=COC(=O)/C(C=C)=C/OC(C)=O. The second-order valence-electron chi connectivity index (χ2n) is 1.96. The van der Waals surface area contributed by atoms with Gasteiger partial charge in [0, 0.05) is 6.92 Å². The number of hydrogen-bond acceptors (Lipinski definition) is 4. The summed E-state index contributed by atoms with van der Waals surface area (Å²) < 4.78 is 8.88. The van der Waals surface area contributed by atoms with Crippen molar-refractivity contribution in [2.75, 3.05) is 0 Å². The van der Waals surface area contributed by atoms with Gasteiger partial charge in [0.1, 0.15) is 6.26 Å². The van der Waals surface area contributed by atoms with Crippen LogP contribution in [0.15, 0.2) is 37.3 Å². The van der Waals surface area contributed by atoms with Gasteiger partial charge in [-0.25, -0.2) is 4.79 Å². The number of hydrogen-bond donors (Lipinski definition) is 0. The van der Waals surface area contributed by atoms with Crippen LogP contribution in [0.1, 0.15) is 6.92 Å². The Kier molecular flexibility index (Phi) is 4.95. The lowest BCUT2D eigenvalue weighted by molar-refractivity contribution is -0.135. The molecule has 0 aromatic heterocycles. The molecule has 0 aromatic carbocycles. The van der Waals surface area contributed by atoms with Crippen LogP contribution in [-0.4, -0.2) is 11.9 Å². The van der Waals surface area contributed by atoms with E-state index in [4.69, 9.17) is 0 Å². The van der Waals surface area contributed by atoms with Gasteiger partial charge in [-0.15, -0.1) is 0 Å². The maximum absolute atomic E-state index is 11.0. The number of esters is 2. The predicted octanol–water partition coefficient (Wildman–Crippen LogP) is 1.31. The van der Waals surface area contributed by atoms with Gasteiger partial charge in [0.05, 0.1) is 11.8 Å². The van der Waals surface area contributed by atoms with Crippen molar-refractivity contribution in [1.29, 1.82) is 0 Å². The molecule has 0 saturated carbocycles. The summed E-state index contributed by atoms with van der Waals surface area (Å²) in [5.41, 5.74) is 0.0510. The van der Waals surface area contributed by atoms with E-state index >= 15 is 0 Å². The average molecular weight is 182 g/mol. The Balaban J connectivity index is 4.39. The van der Waals surface area contributed by atoms with E-state index in [9.17, 15) is 9.59 Å². The van der Waals surface area contributed by atoms with Crippen LogP contribution in [0.5, 0.6) is 0 Å². The van der Waals surface area contributed by atoms with Gasteiger partial charge in [-0.1, -0.05) is 19.2 Å². The summed E-state index contributed by atoms with van der Waals surface area (Å²) in [7, 11) is 0. The number of rotatable bonds is 4. The third-order valence-electron chi connectivity index (χ3n) is 0.998. The Hall–Kier alpha value is -1.84. The monoisotopic (exact) mass is 182 g/mol. The van der Waals surface area contributed by atoms with Gasteiger partial charge < -0.3 is 9.47 Å². The Morgan fingerprint density at radius 2 is 1.85 bits per heavy atom. The molecule has 0 unspecified atom stereocenters. The molecule has 4 heteroatoms. The molecule has 0 amide bonds. The largest absolute Gasteiger partial charge is 0.434 e. The van der Waals surface area contributed by atoms with Gasteiger partial charge in [0.2, 0.25) is 0 Å². The molecule has 13 heavy (non-hydrogen) atoms. The Labute approximate surface area is 76.1 Å². The van der Waals surface area contributed by atoms with Crippen LogP contribution >= 0.6 is 0 Å². The van der Waals surface area contributed by atoms with Crippen molar-refractivity contribution in [2.24, 2.45) is 0 Å². The smallest absolute Gasteiger partial charge is 0.346 e. The minimum Gasteiger partial charge on any atom is -0.434 e. The van der Waals surface area contributed by atoms with E-state index in [0.717, 1.165) is 12.5 Å². The summed E-state index contributed by atoms with van der Waals surface area (Å²) in [4.78, 5) is 21.3.